The van der Waals surface area contributed by atoms with Crippen LogP contribution < -0.4 is 0 Å². The number of halogens is 1. The Morgan fingerprint density at radius 3 is 2.65 bits per heavy atom. The number of hydrogen-bond donors (Lipinski definition) is 1. The van der Waals surface area contributed by atoms with E-state index in [4.69, 9.17) is 4.74 Å². The van der Waals surface area contributed by atoms with Crippen molar-refractivity contribution in [3.05, 3.63) is 47.3 Å². The second-order valence-corrected chi connectivity index (χ2v) is 8.17. The van der Waals surface area contributed by atoms with Crippen LogP contribution in [0.5, 0.6) is 0 Å². The highest BCUT2D eigenvalue weighted by Crippen LogP contribution is 2.35. The van der Waals surface area contributed by atoms with Crippen LogP contribution in [0, 0.1) is 11.7 Å². The SMILES string of the molecule is C=C(CCC(C)(C)N1Cc2cccc(F)c2C1)C(C)C(OC)C(O)CC. The van der Waals surface area contributed by atoms with Crippen molar-refractivity contribution in [3.8, 4) is 0 Å². The molecule has 0 spiro atoms. The van der Waals surface area contributed by atoms with Gasteiger partial charge in [0.05, 0.1) is 12.2 Å². The Bertz CT molecular complexity index is 629. The molecule has 26 heavy (non-hydrogen) atoms. The molecule has 1 N–H and O–H groups in total. The molecule has 0 saturated heterocycles. The van der Waals surface area contributed by atoms with Crippen LogP contribution in [0.1, 0.15) is 58.1 Å². The van der Waals surface area contributed by atoms with E-state index < -0.39 is 6.10 Å². The van der Waals surface area contributed by atoms with E-state index in [1.807, 2.05) is 13.0 Å². The fourth-order valence-electron chi connectivity index (χ4n) is 3.82. The molecule has 0 saturated carbocycles. The summed E-state index contributed by atoms with van der Waals surface area (Å²) in [6, 6.07) is 5.35. The Labute approximate surface area is 157 Å². The number of aliphatic hydroxyl groups is 1. The van der Waals surface area contributed by atoms with E-state index in [2.05, 4.69) is 32.3 Å². The van der Waals surface area contributed by atoms with Crippen molar-refractivity contribution in [2.75, 3.05) is 7.11 Å². The third-order valence-electron chi connectivity index (χ3n) is 6.05. The fourth-order valence-corrected chi connectivity index (χ4v) is 3.82. The summed E-state index contributed by atoms with van der Waals surface area (Å²) in [4.78, 5) is 2.34. The first-order valence-corrected chi connectivity index (χ1v) is 9.61. The van der Waals surface area contributed by atoms with Gasteiger partial charge in [0, 0.05) is 37.2 Å². The molecular weight excluding hydrogens is 329 g/mol. The molecule has 1 aromatic rings. The lowest BCUT2D eigenvalue weighted by Gasteiger charge is -2.37. The summed E-state index contributed by atoms with van der Waals surface area (Å²) >= 11 is 0. The predicted molar refractivity (Wildman–Crippen MR) is 104 cm³/mol. The molecule has 3 atom stereocenters. The van der Waals surface area contributed by atoms with E-state index in [1.54, 1.807) is 19.2 Å². The standard InChI is InChI=1S/C22H34FNO2/c1-7-20(25)21(26-6)16(3)15(2)11-12-22(4,5)24-13-17-9-8-10-19(23)18(17)14-24/h8-10,16,20-21,25H,2,7,11-14H2,1,3-6H3. The molecule has 0 bridgehead atoms. The summed E-state index contributed by atoms with van der Waals surface area (Å²) < 4.78 is 19.5. The second-order valence-electron chi connectivity index (χ2n) is 8.17. The normalized spacial score (nSPS) is 18.4. The molecule has 0 fully saturated rings. The number of aliphatic hydroxyl groups excluding tert-OH is 1. The van der Waals surface area contributed by atoms with Crippen LogP contribution >= 0.6 is 0 Å². The smallest absolute Gasteiger partial charge is 0.128 e. The van der Waals surface area contributed by atoms with Crippen LogP contribution in [0.25, 0.3) is 0 Å². The molecule has 0 aliphatic carbocycles. The van der Waals surface area contributed by atoms with Gasteiger partial charge in [-0.1, -0.05) is 38.1 Å². The van der Waals surface area contributed by atoms with Crippen molar-refractivity contribution in [2.45, 2.75) is 77.8 Å². The Hall–Kier alpha value is -1.23. The van der Waals surface area contributed by atoms with Crippen LogP contribution in [0.3, 0.4) is 0 Å². The lowest BCUT2D eigenvalue weighted by Crippen LogP contribution is -2.40. The number of benzene rings is 1. The molecule has 4 heteroatoms. The monoisotopic (exact) mass is 363 g/mol. The number of hydrogen-bond acceptors (Lipinski definition) is 3. The van der Waals surface area contributed by atoms with Crippen LogP contribution in [0.2, 0.25) is 0 Å². The quantitative estimate of drug-likeness (QED) is 0.647. The molecule has 2 rings (SSSR count). The third kappa shape index (κ3) is 4.54. The van der Waals surface area contributed by atoms with Gasteiger partial charge in [-0.05, 0) is 44.7 Å². The number of methoxy groups -OCH3 is 1. The predicted octanol–water partition coefficient (Wildman–Crippen LogP) is 4.68. The highest BCUT2D eigenvalue weighted by molar-refractivity contribution is 5.32. The van der Waals surface area contributed by atoms with E-state index in [1.165, 1.54) is 0 Å². The lowest BCUT2D eigenvalue weighted by molar-refractivity contribution is -0.0356. The minimum absolute atomic E-state index is 0.0555. The van der Waals surface area contributed by atoms with E-state index in [-0.39, 0.29) is 23.4 Å². The van der Waals surface area contributed by atoms with Crippen LogP contribution in [-0.4, -0.2) is 34.9 Å². The number of nitrogens with zero attached hydrogens (tertiary/aromatic N) is 1. The fraction of sp³-hybridized carbons (Fsp3) is 0.636. The first-order valence-electron chi connectivity index (χ1n) is 9.61. The maximum absolute atomic E-state index is 14.0. The van der Waals surface area contributed by atoms with Gasteiger partial charge in [0.25, 0.3) is 0 Å². The van der Waals surface area contributed by atoms with Crippen LogP contribution in [-0.2, 0) is 17.8 Å². The van der Waals surface area contributed by atoms with Gasteiger partial charge in [-0.3, -0.25) is 4.90 Å². The zero-order chi connectivity index (χ0) is 19.5. The van der Waals surface area contributed by atoms with Gasteiger partial charge in [0.15, 0.2) is 0 Å². The zero-order valence-corrected chi connectivity index (χ0v) is 16.9. The van der Waals surface area contributed by atoms with Crippen molar-refractivity contribution in [1.82, 2.24) is 4.90 Å². The summed E-state index contributed by atoms with van der Waals surface area (Å²) in [5.41, 5.74) is 2.97. The van der Waals surface area contributed by atoms with Crippen molar-refractivity contribution < 1.29 is 14.2 Å². The van der Waals surface area contributed by atoms with Crippen molar-refractivity contribution in [2.24, 2.45) is 5.92 Å². The van der Waals surface area contributed by atoms with Gasteiger partial charge in [0.2, 0.25) is 0 Å². The topological polar surface area (TPSA) is 32.7 Å². The molecule has 1 aliphatic rings. The zero-order valence-electron chi connectivity index (χ0n) is 16.9. The Morgan fingerprint density at radius 1 is 1.38 bits per heavy atom. The Morgan fingerprint density at radius 2 is 2.08 bits per heavy atom. The van der Waals surface area contributed by atoms with Gasteiger partial charge < -0.3 is 9.84 Å². The maximum atomic E-state index is 14.0. The maximum Gasteiger partial charge on any atom is 0.128 e. The third-order valence-corrected chi connectivity index (χ3v) is 6.05. The molecule has 1 aliphatic heterocycles. The molecule has 3 nitrogen and oxygen atoms in total. The summed E-state index contributed by atoms with van der Waals surface area (Å²) in [7, 11) is 1.65. The van der Waals surface area contributed by atoms with E-state index in [9.17, 15) is 9.50 Å². The van der Waals surface area contributed by atoms with Gasteiger partial charge in [0.1, 0.15) is 5.82 Å². The Balaban J connectivity index is 1.96. The first kappa shape index (κ1) is 21.1. The largest absolute Gasteiger partial charge is 0.390 e. The average molecular weight is 364 g/mol. The van der Waals surface area contributed by atoms with Crippen molar-refractivity contribution in [3.63, 3.8) is 0 Å². The van der Waals surface area contributed by atoms with Gasteiger partial charge in [-0.2, -0.15) is 0 Å². The van der Waals surface area contributed by atoms with Crippen molar-refractivity contribution in [1.29, 1.82) is 0 Å². The van der Waals surface area contributed by atoms with Crippen LogP contribution in [0.15, 0.2) is 30.4 Å². The van der Waals surface area contributed by atoms with E-state index in [0.717, 1.165) is 36.1 Å². The molecular formula is C22H34FNO2. The molecule has 146 valence electrons. The van der Waals surface area contributed by atoms with Crippen molar-refractivity contribution >= 4 is 0 Å². The van der Waals surface area contributed by atoms with E-state index in [0.29, 0.717) is 13.0 Å². The molecule has 0 amide bonds. The van der Waals surface area contributed by atoms with Gasteiger partial charge in [-0.15, -0.1) is 0 Å². The van der Waals surface area contributed by atoms with E-state index >= 15 is 0 Å². The van der Waals surface area contributed by atoms with Gasteiger partial charge in [-0.25, -0.2) is 4.39 Å². The Kier molecular flexibility index (Phi) is 7.00. The summed E-state index contributed by atoms with van der Waals surface area (Å²) in [6.45, 7) is 14.2. The second kappa shape index (κ2) is 8.64. The number of fused-ring (bicyclic) bond motifs is 1. The molecule has 1 heterocycles. The summed E-state index contributed by atoms with van der Waals surface area (Å²) in [5.74, 6) is -0.00529. The molecule has 0 radical (unpaired) electrons. The summed E-state index contributed by atoms with van der Waals surface area (Å²) in [5, 5.41) is 10.2. The first-order chi connectivity index (χ1) is 12.2. The lowest BCUT2D eigenvalue weighted by atomic mass is 9.85. The molecule has 1 aromatic carbocycles. The van der Waals surface area contributed by atoms with Gasteiger partial charge >= 0.3 is 0 Å². The number of rotatable bonds is 9. The highest BCUT2D eigenvalue weighted by Gasteiger charge is 2.34. The molecule has 3 unspecified atom stereocenters. The average Bonchev–Trinajstić information content (AvgIpc) is 3.06. The summed E-state index contributed by atoms with van der Waals surface area (Å²) in [6.07, 6.45) is 1.76. The molecule has 0 aromatic heterocycles. The minimum Gasteiger partial charge on any atom is -0.390 e. The van der Waals surface area contributed by atoms with Crippen LogP contribution in [0.4, 0.5) is 4.39 Å². The number of ether oxygens (including phenoxy) is 1. The minimum atomic E-state index is -0.476. The highest BCUT2D eigenvalue weighted by atomic mass is 19.1.